The zero-order valence-electron chi connectivity index (χ0n) is 17.2. The van der Waals surface area contributed by atoms with Crippen molar-refractivity contribution >= 4 is 5.91 Å². The molecule has 5 nitrogen and oxygen atoms in total. The summed E-state index contributed by atoms with van der Waals surface area (Å²) in [5, 5.41) is 7.01. The van der Waals surface area contributed by atoms with E-state index in [1.165, 1.54) is 6.42 Å². The molecule has 2 rings (SSSR count). The van der Waals surface area contributed by atoms with Gasteiger partial charge in [0.2, 0.25) is 5.91 Å². The van der Waals surface area contributed by atoms with Crippen molar-refractivity contribution in [2.24, 2.45) is 5.92 Å². The van der Waals surface area contributed by atoms with Crippen LogP contribution in [-0.2, 0) is 17.8 Å². The largest absolute Gasteiger partial charge is 0.489 e. The molecule has 1 heterocycles. The normalized spacial score (nSPS) is 12.2. The number of ether oxygens (including phenoxy) is 1. The van der Waals surface area contributed by atoms with Crippen molar-refractivity contribution in [2.75, 3.05) is 0 Å². The first-order chi connectivity index (χ1) is 12.8. The minimum atomic E-state index is 0.0661. The van der Waals surface area contributed by atoms with Crippen LogP contribution in [0.4, 0.5) is 0 Å². The summed E-state index contributed by atoms with van der Waals surface area (Å²) in [5.74, 6) is 2.33. The van der Waals surface area contributed by atoms with Crippen LogP contribution in [0.25, 0.3) is 0 Å². The minimum Gasteiger partial charge on any atom is -0.489 e. The molecule has 1 atom stereocenters. The Bertz CT molecular complexity index is 700. The molecular formula is C22H32N2O3. The van der Waals surface area contributed by atoms with Gasteiger partial charge in [0.1, 0.15) is 18.1 Å². The van der Waals surface area contributed by atoms with Gasteiger partial charge in [-0.2, -0.15) is 0 Å². The minimum absolute atomic E-state index is 0.0661. The SMILES string of the molecule is Cc1noc(C)c1COc1ccc(CC(=O)N[C@@H](C)CCCC(C)C)cc1. The number of nitrogens with one attached hydrogen (secondary N) is 1. The molecule has 0 spiro atoms. The summed E-state index contributed by atoms with van der Waals surface area (Å²) in [6, 6.07) is 7.88. The summed E-state index contributed by atoms with van der Waals surface area (Å²) >= 11 is 0. The molecule has 0 aliphatic carbocycles. The number of carbonyl (C=O) groups is 1. The first-order valence-corrected chi connectivity index (χ1v) is 9.78. The third-order valence-corrected chi connectivity index (χ3v) is 4.68. The monoisotopic (exact) mass is 372 g/mol. The Kier molecular flexibility index (Phi) is 7.89. The van der Waals surface area contributed by atoms with Crippen molar-refractivity contribution in [3.8, 4) is 5.75 Å². The van der Waals surface area contributed by atoms with Gasteiger partial charge in [0.25, 0.3) is 0 Å². The highest BCUT2D eigenvalue weighted by Gasteiger charge is 2.11. The number of hydrogen-bond acceptors (Lipinski definition) is 4. The maximum Gasteiger partial charge on any atom is 0.224 e. The summed E-state index contributed by atoms with van der Waals surface area (Å²) in [5.41, 5.74) is 2.81. The Labute approximate surface area is 162 Å². The number of nitrogens with zero attached hydrogens (tertiary/aromatic N) is 1. The van der Waals surface area contributed by atoms with Crippen LogP contribution in [0.3, 0.4) is 0 Å². The number of hydrogen-bond donors (Lipinski definition) is 1. The summed E-state index contributed by atoms with van der Waals surface area (Å²) in [6.07, 6.45) is 3.77. The highest BCUT2D eigenvalue weighted by molar-refractivity contribution is 5.78. The zero-order valence-corrected chi connectivity index (χ0v) is 17.2. The van der Waals surface area contributed by atoms with E-state index in [1.54, 1.807) is 0 Å². The number of rotatable bonds is 10. The van der Waals surface area contributed by atoms with Gasteiger partial charge in [0.15, 0.2) is 0 Å². The number of amides is 1. The molecular weight excluding hydrogens is 340 g/mol. The molecule has 5 heteroatoms. The summed E-state index contributed by atoms with van der Waals surface area (Å²) in [7, 11) is 0. The van der Waals surface area contributed by atoms with E-state index in [9.17, 15) is 4.79 Å². The lowest BCUT2D eigenvalue weighted by Crippen LogP contribution is -2.33. The Morgan fingerprint density at radius 1 is 1.15 bits per heavy atom. The van der Waals surface area contributed by atoms with Gasteiger partial charge in [0.05, 0.1) is 17.7 Å². The maximum absolute atomic E-state index is 12.2. The average molecular weight is 373 g/mol. The fourth-order valence-electron chi connectivity index (χ4n) is 2.98. The van der Waals surface area contributed by atoms with Crippen LogP contribution in [0.5, 0.6) is 5.75 Å². The first kappa shape index (κ1) is 21.0. The Hall–Kier alpha value is -2.30. The molecule has 0 radical (unpaired) electrons. The van der Waals surface area contributed by atoms with Crippen molar-refractivity contribution in [1.82, 2.24) is 10.5 Å². The number of aromatic nitrogens is 1. The summed E-state index contributed by atoms with van der Waals surface area (Å²) < 4.78 is 10.9. The molecule has 2 aromatic rings. The Balaban J connectivity index is 1.77. The number of carbonyl (C=O) groups excluding carboxylic acids is 1. The third-order valence-electron chi connectivity index (χ3n) is 4.68. The smallest absolute Gasteiger partial charge is 0.224 e. The molecule has 1 aromatic heterocycles. The average Bonchev–Trinajstić information content (AvgIpc) is 2.92. The van der Waals surface area contributed by atoms with Gasteiger partial charge in [-0.1, -0.05) is 44.0 Å². The second-order valence-corrected chi connectivity index (χ2v) is 7.71. The van der Waals surface area contributed by atoms with Gasteiger partial charge in [-0.05, 0) is 50.8 Å². The molecule has 0 aliphatic heterocycles. The quantitative estimate of drug-likeness (QED) is 0.654. The van der Waals surface area contributed by atoms with Gasteiger partial charge in [0, 0.05) is 6.04 Å². The van der Waals surface area contributed by atoms with Gasteiger partial charge >= 0.3 is 0 Å². The van der Waals surface area contributed by atoms with E-state index < -0.39 is 0 Å². The van der Waals surface area contributed by atoms with Crippen molar-refractivity contribution < 1.29 is 14.1 Å². The van der Waals surface area contributed by atoms with E-state index >= 15 is 0 Å². The van der Waals surface area contributed by atoms with Crippen molar-refractivity contribution in [3.63, 3.8) is 0 Å². The van der Waals surface area contributed by atoms with E-state index in [1.807, 2.05) is 38.1 Å². The van der Waals surface area contributed by atoms with E-state index in [0.717, 1.165) is 41.2 Å². The van der Waals surface area contributed by atoms with Gasteiger partial charge in [-0.15, -0.1) is 0 Å². The fraction of sp³-hybridized carbons (Fsp3) is 0.545. The van der Waals surface area contributed by atoms with Gasteiger partial charge in [-0.3, -0.25) is 4.79 Å². The third kappa shape index (κ3) is 7.08. The van der Waals surface area contributed by atoms with Crippen molar-refractivity contribution in [2.45, 2.75) is 73.0 Å². The summed E-state index contributed by atoms with van der Waals surface area (Å²) in [6.45, 7) is 10.7. The number of benzene rings is 1. The highest BCUT2D eigenvalue weighted by Crippen LogP contribution is 2.18. The Morgan fingerprint density at radius 2 is 1.85 bits per heavy atom. The maximum atomic E-state index is 12.2. The molecule has 0 unspecified atom stereocenters. The molecule has 0 saturated carbocycles. The van der Waals surface area contributed by atoms with Crippen LogP contribution in [-0.4, -0.2) is 17.1 Å². The lowest BCUT2D eigenvalue weighted by Gasteiger charge is -2.14. The standard InChI is InChI=1S/C22H32N2O3/c1-15(2)7-6-8-16(3)23-22(25)13-19-9-11-20(12-10-19)26-14-21-17(4)24-27-18(21)5/h9-12,15-16H,6-8,13-14H2,1-5H3,(H,23,25)/t16-/m0/s1. The van der Waals surface area contributed by atoms with Crippen molar-refractivity contribution in [1.29, 1.82) is 0 Å². The first-order valence-electron chi connectivity index (χ1n) is 9.78. The van der Waals surface area contributed by atoms with Crippen molar-refractivity contribution in [3.05, 3.63) is 46.8 Å². The van der Waals surface area contributed by atoms with E-state index in [4.69, 9.17) is 9.26 Å². The molecule has 27 heavy (non-hydrogen) atoms. The predicted molar refractivity (Wildman–Crippen MR) is 107 cm³/mol. The lowest BCUT2D eigenvalue weighted by molar-refractivity contribution is -0.121. The number of aryl methyl sites for hydroxylation is 2. The van der Waals surface area contributed by atoms with E-state index in [-0.39, 0.29) is 11.9 Å². The molecule has 148 valence electrons. The van der Waals surface area contributed by atoms with Crippen LogP contribution in [0.2, 0.25) is 0 Å². The lowest BCUT2D eigenvalue weighted by atomic mass is 10.0. The van der Waals surface area contributed by atoms with Crippen LogP contribution < -0.4 is 10.1 Å². The molecule has 0 saturated heterocycles. The van der Waals surface area contributed by atoms with Gasteiger partial charge < -0.3 is 14.6 Å². The zero-order chi connectivity index (χ0) is 19.8. The molecule has 0 fully saturated rings. The topological polar surface area (TPSA) is 64.4 Å². The van der Waals surface area contributed by atoms with Crippen LogP contribution >= 0.6 is 0 Å². The van der Waals surface area contributed by atoms with E-state index in [2.05, 4.69) is 31.2 Å². The van der Waals surface area contributed by atoms with E-state index in [0.29, 0.717) is 18.9 Å². The molecule has 0 aliphatic rings. The molecule has 0 bridgehead atoms. The van der Waals surface area contributed by atoms with Crippen LogP contribution in [0, 0.1) is 19.8 Å². The van der Waals surface area contributed by atoms with Crippen LogP contribution in [0.15, 0.2) is 28.8 Å². The van der Waals surface area contributed by atoms with Crippen LogP contribution in [0.1, 0.15) is 62.6 Å². The molecule has 1 amide bonds. The Morgan fingerprint density at radius 3 is 2.44 bits per heavy atom. The second-order valence-electron chi connectivity index (χ2n) is 7.71. The molecule has 1 aromatic carbocycles. The summed E-state index contributed by atoms with van der Waals surface area (Å²) in [4.78, 5) is 12.2. The second kappa shape index (κ2) is 10.1. The van der Waals surface area contributed by atoms with Gasteiger partial charge in [-0.25, -0.2) is 0 Å². The fourth-order valence-corrected chi connectivity index (χ4v) is 2.98. The predicted octanol–water partition coefficient (Wildman–Crippen LogP) is 4.74. The highest BCUT2D eigenvalue weighted by atomic mass is 16.5. The molecule has 1 N–H and O–H groups in total.